The minimum atomic E-state index is -0.681. The quantitative estimate of drug-likeness (QED) is 0.157. The molecule has 3 aromatic carbocycles. The molecule has 0 saturated carbocycles. The fourth-order valence-corrected chi connectivity index (χ4v) is 9.60. The van der Waals surface area contributed by atoms with Crippen LogP contribution in [0.5, 0.6) is 0 Å². The van der Waals surface area contributed by atoms with Crippen molar-refractivity contribution in [2.45, 2.75) is 58.2 Å². The number of ether oxygens (including phenoxy) is 2. The molecule has 4 heterocycles. The Bertz CT molecular complexity index is 2200. The second kappa shape index (κ2) is 15.7. The van der Waals surface area contributed by atoms with Crippen LogP contribution in [0.1, 0.15) is 62.1 Å². The number of fused-ring (bicyclic) bond motifs is 2. The summed E-state index contributed by atoms with van der Waals surface area (Å²) in [6.07, 6.45) is 1.29. The Labute approximate surface area is 321 Å². The van der Waals surface area contributed by atoms with Crippen molar-refractivity contribution < 1.29 is 28.7 Å². The maximum absolute atomic E-state index is 13.8. The number of hydrogen-bond donors (Lipinski definition) is 2. The zero-order chi connectivity index (χ0) is 38.1. The second-order valence-corrected chi connectivity index (χ2v) is 16.5. The van der Waals surface area contributed by atoms with Gasteiger partial charge in [0.2, 0.25) is 11.8 Å². The Morgan fingerprint density at radius 2 is 1.35 bits per heavy atom. The van der Waals surface area contributed by atoms with Crippen LogP contribution in [-0.2, 0) is 19.1 Å². The van der Waals surface area contributed by atoms with E-state index in [1.165, 1.54) is 14.2 Å². The molecule has 2 aromatic heterocycles. The van der Waals surface area contributed by atoms with Gasteiger partial charge in [-0.1, -0.05) is 57.2 Å². The van der Waals surface area contributed by atoms with Crippen LogP contribution >= 0.6 is 22.7 Å². The summed E-state index contributed by atoms with van der Waals surface area (Å²) in [5.74, 6) is -0.0545. The van der Waals surface area contributed by atoms with Gasteiger partial charge >= 0.3 is 12.2 Å². The predicted molar refractivity (Wildman–Crippen MR) is 210 cm³/mol. The zero-order valence-corrected chi connectivity index (χ0v) is 32.6. The summed E-state index contributed by atoms with van der Waals surface area (Å²) in [4.78, 5) is 63.8. The van der Waals surface area contributed by atoms with Crippen molar-refractivity contribution in [1.29, 1.82) is 0 Å². The molecule has 4 atom stereocenters. The molecular weight excluding hydrogens is 725 g/mol. The van der Waals surface area contributed by atoms with Crippen LogP contribution in [-0.4, -0.2) is 83.7 Å². The number of benzene rings is 3. The van der Waals surface area contributed by atoms with E-state index in [9.17, 15) is 19.2 Å². The molecule has 2 aliphatic heterocycles. The van der Waals surface area contributed by atoms with E-state index in [1.54, 1.807) is 27.6 Å². The molecule has 5 aromatic rings. The molecular formula is C40H44N6O6S2. The number of rotatable bonds is 9. The Morgan fingerprint density at radius 3 is 1.91 bits per heavy atom. The zero-order valence-electron chi connectivity index (χ0n) is 31.0. The lowest BCUT2D eigenvalue weighted by Gasteiger charge is -2.30. The summed E-state index contributed by atoms with van der Waals surface area (Å²) in [7, 11) is 2.58. The highest BCUT2D eigenvalue weighted by Crippen LogP contribution is 2.41. The minimum absolute atomic E-state index is 0.100. The summed E-state index contributed by atoms with van der Waals surface area (Å²) in [6.45, 7) is 7.11. The predicted octanol–water partition coefficient (Wildman–Crippen LogP) is 7.55. The number of likely N-dealkylation sites (tertiary alicyclic amines) is 2. The molecule has 1 unspecified atom stereocenters. The van der Waals surface area contributed by atoms with Crippen molar-refractivity contribution >= 4 is 67.1 Å². The van der Waals surface area contributed by atoms with Gasteiger partial charge in [0, 0.05) is 13.1 Å². The Kier molecular flexibility index (Phi) is 10.8. The summed E-state index contributed by atoms with van der Waals surface area (Å²) >= 11 is 3.22. The lowest BCUT2D eigenvalue weighted by atomic mass is 10.00. The van der Waals surface area contributed by atoms with E-state index in [-0.39, 0.29) is 36.4 Å². The van der Waals surface area contributed by atoms with Crippen molar-refractivity contribution in [3.05, 3.63) is 70.7 Å². The molecule has 4 amide bonds. The number of carbonyl (C=O) groups is 4. The Balaban J connectivity index is 1.07. The first-order valence-corrected chi connectivity index (χ1v) is 19.8. The highest BCUT2D eigenvalue weighted by atomic mass is 32.1. The molecule has 2 aliphatic rings. The van der Waals surface area contributed by atoms with Crippen molar-refractivity contribution in [3.8, 4) is 22.3 Å². The molecule has 12 nitrogen and oxygen atoms in total. The third-order valence-corrected chi connectivity index (χ3v) is 12.5. The van der Waals surface area contributed by atoms with Crippen LogP contribution in [0.4, 0.5) is 9.59 Å². The number of amides is 4. The fourth-order valence-electron chi connectivity index (χ4n) is 7.43. The minimum Gasteiger partial charge on any atom is -0.453 e. The van der Waals surface area contributed by atoms with Gasteiger partial charge in [0.1, 0.15) is 22.6 Å². The smallest absolute Gasteiger partial charge is 0.407 e. The van der Waals surface area contributed by atoms with Crippen LogP contribution in [0.25, 0.3) is 42.7 Å². The number of thiazole rings is 2. The number of hydrogen-bond acceptors (Lipinski definition) is 10. The summed E-state index contributed by atoms with van der Waals surface area (Å²) < 4.78 is 11.5. The fraction of sp³-hybridized carbons (Fsp3) is 0.400. The SMILES string of the molecule is COC(=O)NCC(=O)N1CCC[C@H]1c1nc2cc(-c3ccc(-c4ccc5sc(C6C[C@H](C)CN6C(=O)[C@@H](NC(=O)OC)C(C)C)nc5c4)cc3)ccc2s1. The van der Waals surface area contributed by atoms with Gasteiger partial charge in [-0.05, 0) is 77.6 Å². The molecule has 14 heteroatoms. The summed E-state index contributed by atoms with van der Waals surface area (Å²) in [5.41, 5.74) is 6.03. The molecule has 0 aliphatic carbocycles. The maximum atomic E-state index is 13.8. The third kappa shape index (κ3) is 7.62. The molecule has 7 rings (SSSR count). The van der Waals surface area contributed by atoms with Gasteiger partial charge < -0.3 is 29.9 Å². The first-order chi connectivity index (χ1) is 26.0. The van der Waals surface area contributed by atoms with Crippen LogP contribution in [0.3, 0.4) is 0 Å². The summed E-state index contributed by atoms with van der Waals surface area (Å²) in [6, 6.07) is 20.1. The van der Waals surface area contributed by atoms with Gasteiger partial charge in [0.15, 0.2) is 0 Å². The van der Waals surface area contributed by atoms with Gasteiger partial charge in [0.25, 0.3) is 0 Å². The third-order valence-electron chi connectivity index (χ3n) is 10.3. The van der Waals surface area contributed by atoms with Crippen molar-refractivity contribution in [2.75, 3.05) is 33.9 Å². The molecule has 2 N–H and O–H groups in total. The average Bonchev–Trinajstić information content (AvgIpc) is 3.99. The van der Waals surface area contributed by atoms with Gasteiger partial charge in [-0.15, -0.1) is 22.7 Å². The first-order valence-electron chi connectivity index (χ1n) is 18.2. The number of aromatic nitrogens is 2. The van der Waals surface area contributed by atoms with E-state index in [2.05, 4.69) is 83.0 Å². The number of nitrogens with one attached hydrogen (secondary N) is 2. The van der Waals surface area contributed by atoms with Gasteiger partial charge in [0.05, 0.1) is 46.7 Å². The maximum Gasteiger partial charge on any atom is 0.407 e. The number of alkyl carbamates (subject to hydrolysis) is 2. The first kappa shape index (κ1) is 37.2. The Morgan fingerprint density at radius 1 is 0.796 bits per heavy atom. The van der Waals surface area contributed by atoms with Gasteiger partial charge in [-0.25, -0.2) is 19.6 Å². The largest absolute Gasteiger partial charge is 0.453 e. The van der Waals surface area contributed by atoms with E-state index in [1.807, 2.05) is 18.7 Å². The van der Waals surface area contributed by atoms with E-state index in [0.29, 0.717) is 19.0 Å². The van der Waals surface area contributed by atoms with E-state index >= 15 is 0 Å². The molecule has 0 spiro atoms. The van der Waals surface area contributed by atoms with Crippen LogP contribution < -0.4 is 10.6 Å². The van der Waals surface area contributed by atoms with E-state index in [0.717, 1.165) is 72.0 Å². The van der Waals surface area contributed by atoms with Crippen LogP contribution in [0.2, 0.25) is 0 Å². The van der Waals surface area contributed by atoms with Crippen LogP contribution in [0, 0.1) is 11.8 Å². The normalized spacial score (nSPS) is 19.0. The molecule has 54 heavy (non-hydrogen) atoms. The van der Waals surface area contributed by atoms with Gasteiger partial charge in [-0.2, -0.15) is 0 Å². The monoisotopic (exact) mass is 768 g/mol. The lowest BCUT2D eigenvalue weighted by molar-refractivity contribution is -0.135. The van der Waals surface area contributed by atoms with Crippen LogP contribution in [0.15, 0.2) is 60.7 Å². The van der Waals surface area contributed by atoms with E-state index in [4.69, 9.17) is 14.7 Å². The highest BCUT2D eigenvalue weighted by molar-refractivity contribution is 7.19. The average molecular weight is 769 g/mol. The topological polar surface area (TPSA) is 143 Å². The second-order valence-electron chi connectivity index (χ2n) is 14.3. The Hall–Kier alpha value is -5.08. The number of nitrogens with zero attached hydrogens (tertiary/aromatic N) is 4. The van der Waals surface area contributed by atoms with Crippen molar-refractivity contribution in [3.63, 3.8) is 0 Å². The highest BCUT2D eigenvalue weighted by Gasteiger charge is 2.40. The number of carbonyl (C=O) groups excluding carboxylic acids is 4. The van der Waals surface area contributed by atoms with Crippen molar-refractivity contribution in [1.82, 2.24) is 30.4 Å². The number of methoxy groups -OCH3 is 2. The molecule has 2 fully saturated rings. The lowest BCUT2D eigenvalue weighted by Crippen LogP contribution is -2.51. The van der Waals surface area contributed by atoms with E-state index < -0.39 is 18.2 Å². The van der Waals surface area contributed by atoms with Gasteiger partial charge in [-0.3, -0.25) is 9.59 Å². The van der Waals surface area contributed by atoms with Crippen molar-refractivity contribution in [2.24, 2.45) is 11.8 Å². The standard InChI is InChI=1S/C40H44N6O6S2/c1-22(2)35(44-40(50)52-5)38(48)46-21-23(3)17-31(46)37-43-29-19-27(13-15-33(29)54-37)25-10-8-24(9-11-25)26-12-14-32-28(18-26)42-36(53-32)30-7-6-16-45(30)34(47)20-41-39(49)51-4/h8-15,18-19,22-23,30-31,35H,6-7,16-17,20-21H2,1-5H3,(H,41,49)(H,44,50)/t23-,30-,31?,35-/m0/s1. The molecule has 282 valence electrons. The summed E-state index contributed by atoms with van der Waals surface area (Å²) in [5, 5.41) is 7.02. The molecule has 0 radical (unpaired) electrons. The molecule has 2 saturated heterocycles. The molecule has 0 bridgehead atoms.